The van der Waals surface area contributed by atoms with E-state index < -0.39 is 0 Å². The SMILES string of the molecule is CC1(C)CN(Cc2ccc(Br)cc2Cl)C2(CCCC2)CN1. The lowest BCUT2D eigenvalue weighted by Crippen LogP contribution is -2.66. The number of nitrogens with one attached hydrogen (secondary N) is 1. The molecule has 3 rings (SSSR count). The predicted molar refractivity (Wildman–Crippen MR) is 92.8 cm³/mol. The van der Waals surface area contributed by atoms with Crippen molar-refractivity contribution in [2.45, 2.75) is 57.2 Å². The summed E-state index contributed by atoms with van der Waals surface area (Å²) in [6.07, 6.45) is 5.33. The van der Waals surface area contributed by atoms with Gasteiger partial charge < -0.3 is 5.32 Å². The maximum atomic E-state index is 6.44. The number of halogens is 2. The minimum absolute atomic E-state index is 0.176. The van der Waals surface area contributed by atoms with Gasteiger partial charge in [-0.25, -0.2) is 0 Å². The first-order chi connectivity index (χ1) is 9.90. The van der Waals surface area contributed by atoms with Gasteiger partial charge in [-0.05, 0) is 44.4 Å². The predicted octanol–water partition coefficient (Wildman–Crippen LogP) is 4.60. The van der Waals surface area contributed by atoms with E-state index in [1.807, 2.05) is 6.07 Å². The second-order valence-electron chi connectivity index (χ2n) is 7.26. The summed E-state index contributed by atoms with van der Waals surface area (Å²) in [5, 5.41) is 4.62. The maximum Gasteiger partial charge on any atom is 0.0462 e. The first kappa shape index (κ1) is 15.8. The Morgan fingerprint density at radius 1 is 1.29 bits per heavy atom. The molecule has 1 saturated heterocycles. The van der Waals surface area contributed by atoms with Gasteiger partial charge in [0.1, 0.15) is 0 Å². The molecular weight excluding hydrogens is 348 g/mol. The van der Waals surface area contributed by atoms with E-state index in [4.69, 9.17) is 11.6 Å². The minimum atomic E-state index is 0.176. The Hall–Kier alpha value is -0.0900. The molecule has 1 spiro atoms. The fourth-order valence-electron chi connectivity index (χ4n) is 3.82. The van der Waals surface area contributed by atoms with E-state index >= 15 is 0 Å². The summed E-state index contributed by atoms with van der Waals surface area (Å²) in [5.74, 6) is 0. The summed E-state index contributed by atoms with van der Waals surface area (Å²) in [6, 6.07) is 6.26. The zero-order chi connectivity index (χ0) is 15.1. The summed E-state index contributed by atoms with van der Waals surface area (Å²) in [5.41, 5.74) is 1.76. The molecule has 1 N–H and O–H groups in total. The molecule has 116 valence electrons. The molecular formula is C17H24BrClN2. The molecule has 2 fully saturated rings. The number of hydrogen-bond acceptors (Lipinski definition) is 2. The van der Waals surface area contributed by atoms with E-state index in [9.17, 15) is 0 Å². The quantitative estimate of drug-likeness (QED) is 0.817. The fraction of sp³-hybridized carbons (Fsp3) is 0.647. The van der Waals surface area contributed by atoms with E-state index in [1.54, 1.807) is 0 Å². The third-order valence-corrected chi connectivity index (χ3v) is 5.91. The molecule has 1 aromatic rings. The van der Waals surface area contributed by atoms with E-state index in [2.05, 4.69) is 52.1 Å². The molecule has 1 saturated carbocycles. The van der Waals surface area contributed by atoms with Gasteiger partial charge in [-0.15, -0.1) is 0 Å². The van der Waals surface area contributed by atoms with Gasteiger partial charge in [-0.2, -0.15) is 0 Å². The lowest BCUT2D eigenvalue weighted by Gasteiger charge is -2.51. The smallest absolute Gasteiger partial charge is 0.0462 e. The van der Waals surface area contributed by atoms with Crippen LogP contribution in [0.4, 0.5) is 0 Å². The van der Waals surface area contributed by atoms with Gasteiger partial charge in [0.15, 0.2) is 0 Å². The topological polar surface area (TPSA) is 15.3 Å². The van der Waals surface area contributed by atoms with Crippen LogP contribution in [0.15, 0.2) is 22.7 Å². The molecule has 4 heteroatoms. The van der Waals surface area contributed by atoms with E-state index in [0.717, 1.165) is 29.1 Å². The summed E-state index contributed by atoms with van der Waals surface area (Å²) in [4.78, 5) is 2.69. The molecule has 0 amide bonds. The van der Waals surface area contributed by atoms with E-state index in [-0.39, 0.29) is 5.54 Å². The summed E-state index contributed by atoms with van der Waals surface area (Å²) < 4.78 is 1.05. The fourth-order valence-corrected chi connectivity index (χ4v) is 4.55. The van der Waals surface area contributed by atoms with Crippen molar-refractivity contribution in [3.8, 4) is 0 Å². The number of piperazine rings is 1. The Morgan fingerprint density at radius 3 is 2.67 bits per heavy atom. The molecule has 21 heavy (non-hydrogen) atoms. The summed E-state index contributed by atoms with van der Waals surface area (Å²) in [7, 11) is 0. The molecule has 0 bridgehead atoms. The Morgan fingerprint density at radius 2 is 2.00 bits per heavy atom. The zero-order valence-electron chi connectivity index (χ0n) is 12.9. The van der Waals surface area contributed by atoms with Gasteiger partial charge in [-0.1, -0.05) is 46.4 Å². The van der Waals surface area contributed by atoms with Crippen LogP contribution in [0.1, 0.15) is 45.1 Å². The van der Waals surface area contributed by atoms with Crippen LogP contribution in [0.5, 0.6) is 0 Å². The lowest BCUT2D eigenvalue weighted by molar-refractivity contribution is 0.0122. The Balaban J connectivity index is 1.85. The van der Waals surface area contributed by atoms with Gasteiger partial charge >= 0.3 is 0 Å². The normalized spacial score (nSPS) is 24.6. The van der Waals surface area contributed by atoms with Crippen molar-refractivity contribution in [3.05, 3.63) is 33.3 Å². The molecule has 0 atom stereocenters. The molecule has 1 aromatic carbocycles. The van der Waals surface area contributed by atoms with Gasteiger partial charge in [-0.3, -0.25) is 4.90 Å². The third kappa shape index (κ3) is 3.31. The zero-order valence-corrected chi connectivity index (χ0v) is 15.2. The van der Waals surface area contributed by atoms with Crippen LogP contribution in [-0.4, -0.2) is 29.1 Å². The lowest BCUT2D eigenvalue weighted by atomic mass is 9.86. The first-order valence-corrected chi connectivity index (χ1v) is 9.01. The molecule has 1 aliphatic heterocycles. The van der Waals surface area contributed by atoms with Crippen molar-refractivity contribution in [1.82, 2.24) is 10.2 Å². The first-order valence-electron chi connectivity index (χ1n) is 7.84. The molecule has 1 heterocycles. The highest BCUT2D eigenvalue weighted by atomic mass is 79.9. The van der Waals surface area contributed by atoms with Crippen LogP contribution >= 0.6 is 27.5 Å². The second kappa shape index (κ2) is 5.84. The van der Waals surface area contributed by atoms with E-state index in [1.165, 1.54) is 31.2 Å². The maximum absolute atomic E-state index is 6.44. The van der Waals surface area contributed by atoms with Crippen molar-refractivity contribution in [1.29, 1.82) is 0 Å². The van der Waals surface area contributed by atoms with Crippen molar-refractivity contribution < 1.29 is 0 Å². The van der Waals surface area contributed by atoms with Crippen molar-refractivity contribution in [2.24, 2.45) is 0 Å². The molecule has 0 radical (unpaired) electrons. The summed E-state index contributed by atoms with van der Waals surface area (Å²) in [6.45, 7) is 7.74. The average Bonchev–Trinajstić information content (AvgIpc) is 2.87. The summed E-state index contributed by atoms with van der Waals surface area (Å²) >= 11 is 9.93. The van der Waals surface area contributed by atoms with Crippen molar-refractivity contribution in [3.63, 3.8) is 0 Å². The van der Waals surface area contributed by atoms with Gasteiger partial charge in [0, 0.05) is 40.2 Å². The molecule has 0 unspecified atom stereocenters. The van der Waals surface area contributed by atoms with Crippen LogP contribution in [0.3, 0.4) is 0 Å². The third-order valence-electron chi connectivity index (χ3n) is 5.06. The number of nitrogens with zero attached hydrogens (tertiary/aromatic N) is 1. The largest absolute Gasteiger partial charge is 0.309 e. The van der Waals surface area contributed by atoms with Gasteiger partial charge in [0.25, 0.3) is 0 Å². The number of benzene rings is 1. The highest BCUT2D eigenvalue weighted by Gasteiger charge is 2.45. The number of hydrogen-bond donors (Lipinski definition) is 1. The standard InChI is InChI=1S/C17H24BrClN2/c1-16(2)12-21(17(11-20-16)7-3-4-8-17)10-13-5-6-14(18)9-15(13)19/h5-6,9,20H,3-4,7-8,10-12H2,1-2H3. The highest BCUT2D eigenvalue weighted by Crippen LogP contribution is 2.39. The minimum Gasteiger partial charge on any atom is -0.309 e. The Bertz CT molecular complexity index is 524. The van der Waals surface area contributed by atoms with Gasteiger partial charge in [0.05, 0.1) is 0 Å². The van der Waals surface area contributed by atoms with Crippen LogP contribution in [0.2, 0.25) is 5.02 Å². The molecule has 0 aromatic heterocycles. The van der Waals surface area contributed by atoms with Crippen LogP contribution in [-0.2, 0) is 6.54 Å². The van der Waals surface area contributed by atoms with E-state index in [0.29, 0.717) is 5.54 Å². The number of rotatable bonds is 2. The molecule has 1 aliphatic carbocycles. The highest BCUT2D eigenvalue weighted by molar-refractivity contribution is 9.10. The Kier molecular flexibility index (Phi) is 4.39. The Labute approximate surface area is 141 Å². The van der Waals surface area contributed by atoms with Crippen molar-refractivity contribution in [2.75, 3.05) is 13.1 Å². The molecule has 2 nitrogen and oxygen atoms in total. The monoisotopic (exact) mass is 370 g/mol. The average molecular weight is 372 g/mol. The van der Waals surface area contributed by atoms with Crippen LogP contribution in [0, 0.1) is 0 Å². The van der Waals surface area contributed by atoms with Crippen molar-refractivity contribution >= 4 is 27.5 Å². The van der Waals surface area contributed by atoms with Crippen LogP contribution < -0.4 is 5.32 Å². The molecule has 2 aliphatic rings. The van der Waals surface area contributed by atoms with Crippen LogP contribution in [0.25, 0.3) is 0 Å². The van der Waals surface area contributed by atoms with Gasteiger partial charge in [0.2, 0.25) is 0 Å². The second-order valence-corrected chi connectivity index (χ2v) is 8.58.